The first kappa shape index (κ1) is 14.4. The topological polar surface area (TPSA) is 68.0 Å². The maximum atomic E-state index is 11.7. The smallest absolute Gasteiger partial charge is 0.226 e. The van der Waals surface area contributed by atoms with Crippen molar-refractivity contribution < 1.29 is 4.79 Å². The quantitative estimate of drug-likeness (QED) is 0.820. The number of anilines is 1. The Morgan fingerprint density at radius 3 is 3.06 bits per heavy atom. The normalized spacial score (nSPS) is 12.2. The zero-order valence-electron chi connectivity index (χ0n) is 9.54. The Morgan fingerprint density at radius 1 is 1.71 bits per heavy atom. The van der Waals surface area contributed by atoms with Gasteiger partial charge in [-0.25, -0.2) is 4.98 Å². The van der Waals surface area contributed by atoms with Crippen LogP contribution >= 0.6 is 27.5 Å². The second-order valence-corrected chi connectivity index (χ2v) is 4.98. The number of pyridine rings is 1. The summed E-state index contributed by atoms with van der Waals surface area (Å²) < 4.78 is 0.555. The van der Waals surface area contributed by atoms with E-state index in [2.05, 4.69) is 26.2 Å². The molecule has 94 valence electrons. The van der Waals surface area contributed by atoms with E-state index in [1.54, 1.807) is 6.07 Å². The Hall–Kier alpha value is -0.650. The minimum Gasteiger partial charge on any atom is -0.327 e. The molecule has 4 nitrogen and oxygen atoms in total. The molecule has 1 amide bonds. The van der Waals surface area contributed by atoms with Gasteiger partial charge in [-0.15, -0.1) is 0 Å². The van der Waals surface area contributed by atoms with Crippen molar-refractivity contribution in [1.82, 2.24) is 4.98 Å². The molecule has 1 unspecified atom stereocenters. The molecule has 1 aromatic rings. The SMILES string of the molecule is CCCC(N)CC(=O)Nc1cc(Cl)cnc1Br. The van der Waals surface area contributed by atoms with Crippen molar-refractivity contribution in [3.63, 3.8) is 0 Å². The lowest BCUT2D eigenvalue weighted by atomic mass is 10.1. The third kappa shape index (κ3) is 5.02. The molecule has 17 heavy (non-hydrogen) atoms. The van der Waals surface area contributed by atoms with Gasteiger partial charge in [-0.3, -0.25) is 4.79 Å². The number of hydrogen-bond acceptors (Lipinski definition) is 3. The number of amides is 1. The summed E-state index contributed by atoms with van der Waals surface area (Å²) in [6.07, 6.45) is 3.61. The Morgan fingerprint density at radius 2 is 2.41 bits per heavy atom. The molecule has 1 heterocycles. The van der Waals surface area contributed by atoms with E-state index in [1.807, 2.05) is 6.92 Å². The van der Waals surface area contributed by atoms with Gasteiger partial charge in [0.2, 0.25) is 5.91 Å². The molecule has 1 rings (SSSR count). The van der Waals surface area contributed by atoms with E-state index >= 15 is 0 Å². The van der Waals surface area contributed by atoms with Crippen LogP contribution in [0, 0.1) is 0 Å². The summed E-state index contributed by atoms with van der Waals surface area (Å²) in [6, 6.07) is 1.54. The van der Waals surface area contributed by atoms with Crippen LogP contribution in [0.1, 0.15) is 26.2 Å². The van der Waals surface area contributed by atoms with E-state index < -0.39 is 0 Å². The highest BCUT2D eigenvalue weighted by Crippen LogP contribution is 2.23. The Balaban J connectivity index is 2.58. The number of hydrogen-bond donors (Lipinski definition) is 2. The molecular weight excluding hydrogens is 305 g/mol. The van der Waals surface area contributed by atoms with Crippen LogP contribution in [0.4, 0.5) is 5.69 Å². The largest absolute Gasteiger partial charge is 0.327 e. The molecule has 0 saturated carbocycles. The summed E-state index contributed by atoms with van der Waals surface area (Å²) in [5, 5.41) is 3.20. The minimum atomic E-state index is -0.129. The lowest BCUT2D eigenvalue weighted by Crippen LogP contribution is -2.27. The van der Waals surface area contributed by atoms with Crippen LogP contribution in [0.5, 0.6) is 0 Å². The first-order valence-corrected chi connectivity index (χ1v) is 6.56. The first-order chi connectivity index (χ1) is 8.02. The number of carbonyl (C=O) groups excluding carboxylic acids is 1. The molecule has 0 radical (unpaired) electrons. The number of halogens is 2. The second-order valence-electron chi connectivity index (χ2n) is 3.79. The van der Waals surface area contributed by atoms with Crippen molar-refractivity contribution in [2.75, 3.05) is 5.32 Å². The van der Waals surface area contributed by atoms with Crippen molar-refractivity contribution in [2.24, 2.45) is 5.73 Å². The molecule has 0 aromatic carbocycles. The van der Waals surface area contributed by atoms with E-state index in [4.69, 9.17) is 17.3 Å². The molecule has 1 aromatic heterocycles. The highest BCUT2D eigenvalue weighted by atomic mass is 79.9. The van der Waals surface area contributed by atoms with E-state index in [0.717, 1.165) is 12.8 Å². The maximum absolute atomic E-state index is 11.7. The van der Waals surface area contributed by atoms with Crippen LogP contribution in [0.3, 0.4) is 0 Å². The third-order valence-corrected chi connectivity index (χ3v) is 3.03. The van der Waals surface area contributed by atoms with Crippen molar-refractivity contribution in [2.45, 2.75) is 32.2 Å². The number of nitrogens with zero attached hydrogens (tertiary/aromatic N) is 1. The minimum absolute atomic E-state index is 0.106. The molecule has 0 aliphatic carbocycles. The first-order valence-electron chi connectivity index (χ1n) is 5.39. The summed E-state index contributed by atoms with van der Waals surface area (Å²) in [7, 11) is 0. The molecule has 0 fully saturated rings. The van der Waals surface area contributed by atoms with Gasteiger partial charge < -0.3 is 11.1 Å². The standard InChI is InChI=1S/C11H15BrClN3O/c1-2-3-8(14)5-10(17)16-9-4-7(13)6-15-11(9)12/h4,6,8H,2-3,5,14H2,1H3,(H,16,17). The second kappa shape index (κ2) is 6.93. The average Bonchev–Trinajstić information content (AvgIpc) is 2.23. The van der Waals surface area contributed by atoms with Gasteiger partial charge in [0, 0.05) is 18.7 Å². The molecule has 6 heteroatoms. The number of carbonyl (C=O) groups is 1. The number of rotatable bonds is 5. The number of nitrogens with two attached hydrogens (primary N) is 1. The van der Waals surface area contributed by atoms with Crippen molar-refractivity contribution in [1.29, 1.82) is 0 Å². The van der Waals surface area contributed by atoms with Gasteiger partial charge in [0.15, 0.2) is 0 Å². The third-order valence-electron chi connectivity index (χ3n) is 2.19. The van der Waals surface area contributed by atoms with Gasteiger partial charge in [0.25, 0.3) is 0 Å². The molecular formula is C11H15BrClN3O. The fraction of sp³-hybridized carbons (Fsp3) is 0.455. The van der Waals surface area contributed by atoms with E-state index in [-0.39, 0.29) is 11.9 Å². The van der Waals surface area contributed by atoms with Crippen molar-refractivity contribution in [3.05, 3.63) is 21.9 Å². The summed E-state index contributed by atoms with van der Waals surface area (Å²) >= 11 is 9.04. The van der Waals surface area contributed by atoms with Crippen LogP contribution < -0.4 is 11.1 Å². The van der Waals surface area contributed by atoms with Crippen LogP contribution in [-0.2, 0) is 4.79 Å². The zero-order valence-corrected chi connectivity index (χ0v) is 11.9. The predicted octanol–water partition coefficient (Wildman–Crippen LogP) is 2.95. The summed E-state index contributed by atoms with van der Waals surface area (Å²) in [4.78, 5) is 15.7. The fourth-order valence-corrected chi connectivity index (χ4v) is 1.90. The predicted molar refractivity (Wildman–Crippen MR) is 73.1 cm³/mol. The van der Waals surface area contributed by atoms with Gasteiger partial charge in [0.1, 0.15) is 4.60 Å². The summed E-state index contributed by atoms with van der Waals surface area (Å²) in [6.45, 7) is 2.04. The van der Waals surface area contributed by atoms with Crippen molar-refractivity contribution in [3.8, 4) is 0 Å². The molecule has 0 bridgehead atoms. The van der Waals surface area contributed by atoms with Crippen LogP contribution in [0.15, 0.2) is 16.9 Å². The molecule has 0 saturated heterocycles. The zero-order chi connectivity index (χ0) is 12.8. The van der Waals surface area contributed by atoms with E-state index in [1.165, 1.54) is 6.20 Å². The van der Waals surface area contributed by atoms with Gasteiger partial charge in [-0.2, -0.15) is 0 Å². The lowest BCUT2D eigenvalue weighted by Gasteiger charge is -2.11. The summed E-state index contributed by atoms with van der Waals surface area (Å²) in [5.74, 6) is -0.129. The number of nitrogens with one attached hydrogen (secondary N) is 1. The van der Waals surface area contributed by atoms with E-state index in [0.29, 0.717) is 21.7 Å². The maximum Gasteiger partial charge on any atom is 0.226 e. The van der Waals surface area contributed by atoms with Crippen LogP contribution in [-0.4, -0.2) is 16.9 Å². The summed E-state index contributed by atoms with van der Waals surface area (Å²) in [5.41, 5.74) is 6.35. The molecule has 3 N–H and O–H groups in total. The highest BCUT2D eigenvalue weighted by molar-refractivity contribution is 9.10. The van der Waals surface area contributed by atoms with Crippen LogP contribution in [0.2, 0.25) is 5.02 Å². The number of aromatic nitrogens is 1. The van der Waals surface area contributed by atoms with E-state index in [9.17, 15) is 4.79 Å². The molecule has 0 aliphatic rings. The fourth-order valence-electron chi connectivity index (χ4n) is 1.42. The van der Waals surface area contributed by atoms with Gasteiger partial charge in [-0.1, -0.05) is 24.9 Å². The Kier molecular flexibility index (Phi) is 5.88. The Bertz CT molecular complexity index is 400. The monoisotopic (exact) mass is 319 g/mol. The lowest BCUT2D eigenvalue weighted by molar-refractivity contribution is -0.116. The van der Waals surface area contributed by atoms with Gasteiger partial charge in [-0.05, 0) is 28.4 Å². The average molecular weight is 321 g/mol. The van der Waals surface area contributed by atoms with Gasteiger partial charge in [0.05, 0.1) is 10.7 Å². The van der Waals surface area contributed by atoms with Gasteiger partial charge >= 0.3 is 0 Å². The molecule has 1 atom stereocenters. The van der Waals surface area contributed by atoms with Crippen molar-refractivity contribution >= 4 is 39.1 Å². The Labute approximate surface area is 114 Å². The highest BCUT2D eigenvalue weighted by Gasteiger charge is 2.11. The van der Waals surface area contributed by atoms with Crippen LogP contribution in [0.25, 0.3) is 0 Å². The molecule has 0 spiro atoms. The molecule has 0 aliphatic heterocycles.